The van der Waals surface area contributed by atoms with E-state index in [0.29, 0.717) is 11.3 Å². The maximum Gasteiger partial charge on any atom is 0.184 e. The average molecular weight is 263 g/mol. The van der Waals surface area contributed by atoms with Gasteiger partial charge in [-0.1, -0.05) is 17.7 Å². The number of nitrogen functional groups attached to an aromatic ring is 1. The SMILES string of the molecule is N#Cc1ccc(Oc2cccc(Cl)c2F)cc1N. The topological polar surface area (TPSA) is 59.0 Å². The maximum atomic E-state index is 13.6. The highest BCUT2D eigenvalue weighted by Gasteiger charge is 2.09. The number of rotatable bonds is 2. The normalized spacial score (nSPS) is 9.83. The first-order valence-electron chi connectivity index (χ1n) is 5.03. The molecule has 5 heteroatoms. The summed E-state index contributed by atoms with van der Waals surface area (Å²) in [7, 11) is 0. The summed E-state index contributed by atoms with van der Waals surface area (Å²) >= 11 is 5.64. The molecule has 0 aliphatic heterocycles. The number of nitriles is 1. The summed E-state index contributed by atoms with van der Waals surface area (Å²) in [5.41, 5.74) is 6.25. The molecule has 0 bridgehead atoms. The van der Waals surface area contributed by atoms with Crippen LogP contribution >= 0.6 is 11.6 Å². The Balaban J connectivity index is 2.32. The molecule has 0 heterocycles. The number of anilines is 1. The fourth-order valence-electron chi connectivity index (χ4n) is 1.40. The van der Waals surface area contributed by atoms with E-state index in [1.54, 1.807) is 6.07 Å². The minimum absolute atomic E-state index is 0.00612. The van der Waals surface area contributed by atoms with Crippen molar-refractivity contribution in [3.8, 4) is 17.6 Å². The Morgan fingerprint density at radius 3 is 2.72 bits per heavy atom. The number of nitrogens with two attached hydrogens (primary N) is 1. The fourth-order valence-corrected chi connectivity index (χ4v) is 1.56. The van der Waals surface area contributed by atoms with Gasteiger partial charge < -0.3 is 10.5 Å². The summed E-state index contributed by atoms with van der Waals surface area (Å²) in [6.07, 6.45) is 0. The zero-order chi connectivity index (χ0) is 13.1. The van der Waals surface area contributed by atoms with Gasteiger partial charge in [0.05, 0.1) is 16.3 Å². The maximum absolute atomic E-state index is 13.6. The summed E-state index contributed by atoms with van der Waals surface area (Å²) in [4.78, 5) is 0. The molecule has 0 radical (unpaired) electrons. The summed E-state index contributed by atoms with van der Waals surface area (Å²) in [6, 6.07) is 10.9. The lowest BCUT2D eigenvalue weighted by Crippen LogP contribution is -1.93. The molecule has 0 unspecified atom stereocenters. The number of ether oxygens (including phenoxy) is 1. The largest absolute Gasteiger partial charge is 0.454 e. The average Bonchev–Trinajstić information content (AvgIpc) is 2.35. The third-order valence-electron chi connectivity index (χ3n) is 2.29. The first-order valence-corrected chi connectivity index (χ1v) is 5.41. The van der Waals surface area contributed by atoms with Gasteiger partial charge in [0.2, 0.25) is 0 Å². The van der Waals surface area contributed by atoms with E-state index in [0.717, 1.165) is 0 Å². The van der Waals surface area contributed by atoms with E-state index >= 15 is 0 Å². The van der Waals surface area contributed by atoms with Crippen molar-refractivity contribution in [2.75, 3.05) is 5.73 Å². The van der Waals surface area contributed by atoms with Gasteiger partial charge in [0.25, 0.3) is 0 Å². The van der Waals surface area contributed by atoms with Gasteiger partial charge in [-0.05, 0) is 24.3 Å². The predicted molar refractivity (Wildman–Crippen MR) is 67.1 cm³/mol. The number of hydrogen-bond donors (Lipinski definition) is 1. The molecule has 18 heavy (non-hydrogen) atoms. The first-order chi connectivity index (χ1) is 8.61. The molecule has 0 atom stereocenters. The highest BCUT2D eigenvalue weighted by Crippen LogP contribution is 2.30. The van der Waals surface area contributed by atoms with Gasteiger partial charge in [-0.15, -0.1) is 0 Å². The van der Waals surface area contributed by atoms with Crippen LogP contribution < -0.4 is 10.5 Å². The van der Waals surface area contributed by atoms with Gasteiger partial charge in [-0.2, -0.15) is 5.26 Å². The van der Waals surface area contributed by atoms with Crippen molar-refractivity contribution in [3.05, 3.63) is 52.8 Å². The molecule has 0 aliphatic rings. The van der Waals surface area contributed by atoms with Gasteiger partial charge in [0, 0.05) is 6.07 Å². The van der Waals surface area contributed by atoms with Gasteiger partial charge in [0.15, 0.2) is 11.6 Å². The second kappa shape index (κ2) is 4.94. The zero-order valence-corrected chi connectivity index (χ0v) is 9.91. The monoisotopic (exact) mass is 262 g/mol. The number of nitrogens with zero attached hydrogens (tertiary/aromatic N) is 1. The van der Waals surface area contributed by atoms with Gasteiger partial charge in [-0.25, -0.2) is 4.39 Å². The van der Waals surface area contributed by atoms with Crippen LogP contribution in [0.5, 0.6) is 11.5 Å². The van der Waals surface area contributed by atoms with Crippen molar-refractivity contribution >= 4 is 17.3 Å². The second-order valence-electron chi connectivity index (χ2n) is 3.51. The van der Waals surface area contributed by atoms with E-state index < -0.39 is 5.82 Å². The molecular weight excluding hydrogens is 255 g/mol. The van der Waals surface area contributed by atoms with Crippen LogP contribution in [-0.2, 0) is 0 Å². The van der Waals surface area contributed by atoms with Crippen molar-refractivity contribution in [2.24, 2.45) is 0 Å². The van der Waals surface area contributed by atoms with Crippen LogP contribution in [0.1, 0.15) is 5.56 Å². The van der Waals surface area contributed by atoms with E-state index in [2.05, 4.69) is 0 Å². The third kappa shape index (κ3) is 2.36. The minimum Gasteiger partial charge on any atom is -0.454 e. The number of benzene rings is 2. The molecule has 0 saturated carbocycles. The molecule has 3 nitrogen and oxygen atoms in total. The van der Waals surface area contributed by atoms with E-state index in [1.807, 2.05) is 6.07 Å². The molecule has 0 fully saturated rings. The second-order valence-corrected chi connectivity index (χ2v) is 3.92. The molecule has 2 N–H and O–H groups in total. The van der Waals surface area contributed by atoms with Crippen LogP contribution in [0, 0.1) is 17.1 Å². The molecule has 90 valence electrons. The molecular formula is C13H8ClFN2O. The van der Waals surface area contributed by atoms with E-state index in [9.17, 15) is 4.39 Å². The molecule has 2 aromatic rings. The van der Waals surface area contributed by atoms with Crippen molar-refractivity contribution in [1.29, 1.82) is 5.26 Å². The molecule has 2 rings (SSSR count). The van der Waals surface area contributed by atoms with Crippen LogP contribution in [0.4, 0.5) is 10.1 Å². The first kappa shape index (κ1) is 12.2. The molecule has 0 spiro atoms. The Bertz CT molecular complexity index is 637. The Morgan fingerprint density at radius 1 is 1.28 bits per heavy atom. The number of halogens is 2. The molecule has 0 saturated heterocycles. The lowest BCUT2D eigenvalue weighted by atomic mass is 10.2. The van der Waals surface area contributed by atoms with Crippen molar-refractivity contribution in [3.63, 3.8) is 0 Å². The zero-order valence-electron chi connectivity index (χ0n) is 9.15. The quantitative estimate of drug-likeness (QED) is 0.839. The van der Waals surface area contributed by atoms with Crippen LogP contribution in [-0.4, -0.2) is 0 Å². The molecule has 2 aromatic carbocycles. The van der Waals surface area contributed by atoms with Crippen LogP contribution in [0.15, 0.2) is 36.4 Å². The van der Waals surface area contributed by atoms with Crippen LogP contribution in [0.3, 0.4) is 0 Å². The molecule has 0 aromatic heterocycles. The van der Waals surface area contributed by atoms with Crippen molar-refractivity contribution < 1.29 is 9.13 Å². The Morgan fingerprint density at radius 2 is 2.06 bits per heavy atom. The van der Waals surface area contributed by atoms with Crippen LogP contribution in [0.25, 0.3) is 0 Å². The summed E-state index contributed by atoms with van der Waals surface area (Å²) in [5, 5.41) is 8.71. The molecule has 0 amide bonds. The fraction of sp³-hybridized carbons (Fsp3) is 0. The Kier molecular flexibility index (Phi) is 3.35. The van der Waals surface area contributed by atoms with E-state index in [4.69, 9.17) is 27.3 Å². The van der Waals surface area contributed by atoms with Crippen LogP contribution in [0.2, 0.25) is 5.02 Å². The van der Waals surface area contributed by atoms with E-state index in [-0.39, 0.29) is 16.5 Å². The summed E-state index contributed by atoms with van der Waals surface area (Å²) in [5.74, 6) is -0.290. The number of hydrogen-bond acceptors (Lipinski definition) is 3. The lowest BCUT2D eigenvalue weighted by Gasteiger charge is -2.08. The smallest absolute Gasteiger partial charge is 0.184 e. The molecule has 0 aliphatic carbocycles. The van der Waals surface area contributed by atoms with E-state index in [1.165, 1.54) is 30.3 Å². The highest BCUT2D eigenvalue weighted by molar-refractivity contribution is 6.30. The lowest BCUT2D eigenvalue weighted by molar-refractivity contribution is 0.442. The highest BCUT2D eigenvalue weighted by atomic mass is 35.5. The summed E-state index contributed by atoms with van der Waals surface area (Å²) < 4.78 is 18.9. The van der Waals surface area contributed by atoms with Gasteiger partial charge >= 0.3 is 0 Å². The summed E-state index contributed by atoms with van der Waals surface area (Å²) in [6.45, 7) is 0. The Labute approximate surface area is 108 Å². The minimum atomic E-state index is -0.637. The van der Waals surface area contributed by atoms with Gasteiger partial charge in [0.1, 0.15) is 11.8 Å². The Hall–Kier alpha value is -2.25. The van der Waals surface area contributed by atoms with Crippen molar-refractivity contribution in [1.82, 2.24) is 0 Å². The van der Waals surface area contributed by atoms with Gasteiger partial charge in [-0.3, -0.25) is 0 Å². The van der Waals surface area contributed by atoms with Crippen molar-refractivity contribution in [2.45, 2.75) is 0 Å². The predicted octanol–water partition coefficient (Wildman–Crippen LogP) is 3.73. The third-order valence-corrected chi connectivity index (χ3v) is 2.58. The standard InChI is InChI=1S/C13H8ClFN2O/c14-10-2-1-3-12(13(10)15)18-9-5-4-8(7-16)11(17)6-9/h1-6H,17H2.